The molecule has 7 heteroatoms. The molecular formula is C13H13N5OS. The third-order valence-electron chi connectivity index (χ3n) is 2.90. The highest BCUT2D eigenvalue weighted by atomic mass is 32.1. The van der Waals surface area contributed by atoms with Crippen LogP contribution in [0.4, 0.5) is 5.69 Å². The summed E-state index contributed by atoms with van der Waals surface area (Å²) in [6.45, 7) is 0.424. The molecule has 0 fully saturated rings. The molecule has 0 saturated carbocycles. The first-order valence-corrected chi connectivity index (χ1v) is 6.85. The average molecular weight is 287 g/mol. The number of carbonyl (C=O) groups is 1. The van der Waals surface area contributed by atoms with Gasteiger partial charge in [0.15, 0.2) is 0 Å². The Morgan fingerprint density at radius 2 is 2.40 bits per heavy atom. The van der Waals surface area contributed by atoms with Crippen LogP contribution in [0.1, 0.15) is 15.2 Å². The number of nitrogens with zero attached hydrogens (tertiary/aromatic N) is 3. The molecule has 3 aromatic heterocycles. The lowest BCUT2D eigenvalue weighted by Gasteiger charge is -2.02. The predicted molar refractivity (Wildman–Crippen MR) is 78.4 cm³/mol. The van der Waals surface area contributed by atoms with Gasteiger partial charge in [0, 0.05) is 31.5 Å². The minimum absolute atomic E-state index is 0.186. The molecule has 3 N–H and O–H groups in total. The maximum atomic E-state index is 12.2. The lowest BCUT2D eigenvalue weighted by Crippen LogP contribution is -2.22. The Hall–Kier alpha value is -2.41. The van der Waals surface area contributed by atoms with Gasteiger partial charge >= 0.3 is 0 Å². The van der Waals surface area contributed by atoms with E-state index in [1.165, 1.54) is 11.3 Å². The summed E-state index contributed by atoms with van der Waals surface area (Å²) < 4.78 is 2.61. The number of nitrogens with one attached hydrogen (secondary N) is 1. The van der Waals surface area contributed by atoms with Crippen molar-refractivity contribution in [2.75, 3.05) is 5.73 Å². The summed E-state index contributed by atoms with van der Waals surface area (Å²) in [5, 5.41) is 6.89. The summed E-state index contributed by atoms with van der Waals surface area (Å²) in [5.74, 6) is -0.186. The summed E-state index contributed by atoms with van der Waals surface area (Å²) in [7, 11) is 1.83. The summed E-state index contributed by atoms with van der Waals surface area (Å²) in [5.41, 5.74) is 8.05. The fourth-order valence-electron chi connectivity index (χ4n) is 1.94. The molecule has 3 aromatic rings. The van der Waals surface area contributed by atoms with Crippen LogP contribution >= 0.6 is 11.3 Å². The van der Waals surface area contributed by atoms with E-state index >= 15 is 0 Å². The Balaban J connectivity index is 1.80. The molecule has 20 heavy (non-hydrogen) atoms. The minimum atomic E-state index is -0.186. The van der Waals surface area contributed by atoms with Crippen LogP contribution in [0.2, 0.25) is 0 Å². The van der Waals surface area contributed by atoms with E-state index in [4.69, 9.17) is 5.73 Å². The molecule has 0 unspecified atom stereocenters. The number of aryl methyl sites for hydroxylation is 1. The number of fused-ring (bicyclic) bond motifs is 1. The molecule has 0 bridgehead atoms. The number of thiophene rings is 1. The predicted octanol–water partition coefficient (Wildman–Crippen LogP) is 1.54. The molecule has 0 radical (unpaired) electrons. The fourth-order valence-corrected chi connectivity index (χ4v) is 2.94. The molecule has 6 nitrogen and oxygen atoms in total. The van der Waals surface area contributed by atoms with E-state index in [2.05, 4.69) is 15.4 Å². The number of nitrogens with two attached hydrogens (primary N) is 1. The summed E-state index contributed by atoms with van der Waals surface area (Å²) in [4.78, 5) is 16.9. The number of anilines is 1. The van der Waals surface area contributed by atoms with E-state index in [0.717, 1.165) is 10.3 Å². The van der Waals surface area contributed by atoms with E-state index in [1.54, 1.807) is 17.1 Å². The number of pyridine rings is 1. The van der Waals surface area contributed by atoms with Crippen molar-refractivity contribution in [3.05, 3.63) is 41.2 Å². The van der Waals surface area contributed by atoms with Crippen LogP contribution in [-0.2, 0) is 13.6 Å². The van der Waals surface area contributed by atoms with Crippen LogP contribution in [0.15, 0.2) is 30.7 Å². The molecule has 3 rings (SSSR count). The van der Waals surface area contributed by atoms with Crippen LogP contribution in [-0.4, -0.2) is 20.7 Å². The van der Waals surface area contributed by atoms with Gasteiger partial charge in [-0.15, -0.1) is 11.3 Å². The smallest absolute Gasteiger partial charge is 0.263 e. The zero-order chi connectivity index (χ0) is 14.1. The van der Waals surface area contributed by atoms with Gasteiger partial charge in [0.2, 0.25) is 0 Å². The summed E-state index contributed by atoms with van der Waals surface area (Å²) >= 11 is 1.35. The molecule has 0 spiro atoms. The van der Waals surface area contributed by atoms with Crippen LogP contribution < -0.4 is 11.1 Å². The van der Waals surface area contributed by atoms with E-state index in [1.807, 2.05) is 25.4 Å². The van der Waals surface area contributed by atoms with E-state index in [-0.39, 0.29) is 5.91 Å². The zero-order valence-corrected chi connectivity index (χ0v) is 11.6. The third kappa shape index (κ3) is 2.23. The Labute approximate surface area is 119 Å². The SMILES string of the molecule is Cn1cc(CNC(=O)c2sc3cccnc3c2N)cn1. The Morgan fingerprint density at radius 3 is 3.10 bits per heavy atom. The first-order chi connectivity index (χ1) is 9.65. The van der Waals surface area contributed by atoms with Crippen LogP contribution in [0.5, 0.6) is 0 Å². The number of aromatic nitrogens is 3. The number of carbonyl (C=O) groups excluding carboxylic acids is 1. The molecule has 0 atom stereocenters. The van der Waals surface area contributed by atoms with Crippen molar-refractivity contribution in [2.45, 2.75) is 6.54 Å². The fraction of sp³-hybridized carbons (Fsp3) is 0.154. The normalized spacial score (nSPS) is 10.8. The maximum absolute atomic E-state index is 12.2. The van der Waals surface area contributed by atoms with Crippen LogP contribution in [0, 0.1) is 0 Å². The molecular weight excluding hydrogens is 274 g/mol. The second kappa shape index (κ2) is 4.93. The van der Waals surface area contributed by atoms with Gasteiger partial charge in [-0.3, -0.25) is 14.5 Å². The van der Waals surface area contributed by atoms with E-state index < -0.39 is 0 Å². The van der Waals surface area contributed by atoms with Gasteiger partial charge in [-0.2, -0.15) is 5.10 Å². The lowest BCUT2D eigenvalue weighted by atomic mass is 10.3. The van der Waals surface area contributed by atoms with Gasteiger partial charge in [-0.25, -0.2) is 0 Å². The van der Waals surface area contributed by atoms with Crippen molar-refractivity contribution in [2.24, 2.45) is 7.05 Å². The molecule has 0 aromatic carbocycles. The highest BCUT2D eigenvalue weighted by molar-refractivity contribution is 7.21. The topological polar surface area (TPSA) is 85.8 Å². The van der Waals surface area contributed by atoms with Crippen molar-refractivity contribution in [1.82, 2.24) is 20.1 Å². The van der Waals surface area contributed by atoms with E-state index in [0.29, 0.717) is 22.6 Å². The van der Waals surface area contributed by atoms with Gasteiger partial charge in [0.05, 0.1) is 16.6 Å². The Kier molecular flexibility index (Phi) is 3.11. The molecule has 102 valence electrons. The average Bonchev–Trinajstić information content (AvgIpc) is 3.01. The first-order valence-electron chi connectivity index (χ1n) is 6.04. The number of rotatable bonds is 3. The number of nitrogen functional groups attached to an aromatic ring is 1. The van der Waals surface area contributed by atoms with Crippen molar-refractivity contribution in [3.63, 3.8) is 0 Å². The number of hydrogen-bond acceptors (Lipinski definition) is 5. The molecule has 0 saturated heterocycles. The van der Waals surface area contributed by atoms with Crippen LogP contribution in [0.25, 0.3) is 10.2 Å². The van der Waals surface area contributed by atoms with Gasteiger partial charge in [0.25, 0.3) is 5.91 Å². The number of hydrogen-bond donors (Lipinski definition) is 2. The highest BCUT2D eigenvalue weighted by Gasteiger charge is 2.16. The molecule has 1 amide bonds. The van der Waals surface area contributed by atoms with Crippen molar-refractivity contribution in [1.29, 1.82) is 0 Å². The van der Waals surface area contributed by atoms with Gasteiger partial charge < -0.3 is 11.1 Å². The third-order valence-corrected chi connectivity index (χ3v) is 4.06. The Bertz CT molecular complexity index is 776. The second-order valence-electron chi connectivity index (χ2n) is 4.40. The van der Waals surface area contributed by atoms with Gasteiger partial charge in [0.1, 0.15) is 10.4 Å². The summed E-state index contributed by atoms with van der Waals surface area (Å²) in [6, 6.07) is 3.73. The Morgan fingerprint density at radius 1 is 1.55 bits per heavy atom. The highest BCUT2D eigenvalue weighted by Crippen LogP contribution is 2.31. The van der Waals surface area contributed by atoms with Crippen LogP contribution in [0.3, 0.4) is 0 Å². The van der Waals surface area contributed by atoms with Gasteiger partial charge in [-0.1, -0.05) is 0 Å². The molecule has 0 aliphatic carbocycles. The van der Waals surface area contributed by atoms with Crippen molar-refractivity contribution >= 4 is 33.1 Å². The molecule has 3 heterocycles. The number of amides is 1. The lowest BCUT2D eigenvalue weighted by molar-refractivity contribution is 0.0956. The maximum Gasteiger partial charge on any atom is 0.263 e. The van der Waals surface area contributed by atoms with Crippen molar-refractivity contribution in [3.8, 4) is 0 Å². The zero-order valence-electron chi connectivity index (χ0n) is 10.8. The quantitative estimate of drug-likeness (QED) is 0.765. The van der Waals surface area contributed by atoms with Crippen molar-refractivity contribution < 1.29 is 4.79 Å². The molecule has 0 aliphatic heterocycles. The largest absolute Gasteiger partial charge is 0.396 e. The first kappa shape index (κ1) is 12.6. The molecule has 0 aliphatic rings. The monoisotopic (exact) mass is 287 g/mol. The van der Waals surface area contributed by atoms with E-state index in [9.17, 15) is 4.79 Å². The minimum Gasteiger partial charge on any atom is -0.396 e. The second-order valence-corrected chi connectivity index (χ2v) is 5.45. The summed E-state index contributed by atoms with van der Waals surface area (Å²) in [6.07, 6.45) is 5.25. The standard InChI is InChI=1S/C13H13N5OS/c1-18-7-8(6-17-18)5-16-13(19)12-10(14)11-9(20-12)3-2-4-15-11/h2-4,6-7H,5,14H2,1H3,(H,16,19). The van der Waals surface area contributed by atoms with Gasteiger partial charge in [-0.05, 0) is 12.1 Å².